The zero-order valence-electron chi connectivity index (χ0n) is 14.2. The number of unbranched alkanes of at least 4 members (excludes halogenated alkanes) is 5. The van der Waals surface area contributed by atoms with E-state index < -0.39 is 5.97 Å². The molecular formula is C18H36O2. The summed E-state index contributed by atoms with van der Waals surface area (Å²) in [6, 6.07) is 0. The highest BCUT2D eigenvalue weighted by atomic mass is 16.4. The first-order chi connectivity index (χ1) is 9.33. The first-order valence-corrected chi connectivity index (χ1v) is 8.55. The van der Waals surface area contributed by atoms with Crippen molar-refractivity contribution >= 4 is 5.97 Å². The predicted molar refractivity (Wildman–Crippen MR) is 87.0 cm³/mol. The van der Waals surface area contributed by atoms with Crippen LogP contribution >= 0.6 is 0 Å². The number of carboxylic acid groups (broad SMARTS) is 1. The molecule has 0 aromatic heterocycles. The Balaban J connectivity index is 3.46. The van der Waals surface area contributed by atoms with Gasteiger partial charge in [0.15, 0.2) is 0 Å². The van der Waals surface area contributed by atoms with Gasteiger partial charge in [0.05, 0.1) is 0 Å². The molecule has 0 heterocycles. The number of carbonyl (C=O) groups is 1. The molecule has 0 saturated heterocycles. The van der Waals surface area contributed by atoms with Crippen LogP contribution in [-0.2, 0) is 4.79 Å². The average Bonchev–Trinajstić information content (AvgIpc) is 2.32. The fourth-order valence-corrected chi connectivity index (χ4v) is 2.69. The molecule has 0 atom stereocenters. The Bertz CT molecular complexity index is 244. The van der Waals surface area contributed by atoms with E-state index in [0.717, 1.165) is 18.8 Å². The molecule has 0 amide bonds. The quantitative estimate of drug-likeness (QED) is 0.418. The highest BCUT2D eigenvalue weighted by Crippen LogP contribution is 2.30. The van der Waals surface area contributed by atoms with Gasteiger partial charge in [0, 0.05) is 6.42 Å². The summed E-state index contributed by atoms with van der Waals surface area (Å²) in [5, 5.41) is 8.59. The molecule has 0 spiro atoms. The molecule has 0 unspecified atom stereocenters. The standard InChI is InChI=1S/C18H36O2/c1-16(2)12-8-5-6-10-14-18(3,4)15-11-7-9-13-17(19)20/h16H,5-15H2,1-4H3,(H,19,20). The Morgan fingerprint density at radius 3 is 1.90 bits per heavy atom. The van der Waals surface area contributed by atoms with Crippen LogP contribution in [0.25, 0.3) is 0 Å². The maximum atomic E-state index is 10.4. The van der Waals surface area contributed by atoms with Crippen molar-refractivity contribution in [3.63, 3.8) is 0 Å². The third-order valence-electron chi connectivity index (χ3n) is 4.13. The Morgan fingerprint density at radius 1 is 0.900 bits per heavy atom. The first-order valence-electron chi connectivity index (χ1n) is 8.55. The van der Waals surface area contributed by atoms with Gasteiger partial charge in [-0.15, -0.1) is 0 Å². The van der Waals surface area contributed by atoms with Crippen molar-refractivity contribution in [3.8, 4) is 0 Å². The van der Waals surface area contributed by atoms with Gasteiger partial charge in [-0.05, 0) is 30.6 Å². The summed E-state index contributed by atoms with van der Waals surface area (Å²) < 4.78 is 0. The molecule has 0 aliphatic rings. The van der Waals surface area contributed by atoms with E-state index >= 15 is 0 Å². The van der Waals surface area contributed by atoms with Crippen molar-refractivity contribution in [2.24, 2.45) is 11.3 Å². The maximum Gasteiger partial charge on any atom is 0.303 e. The van der Waals surface area contributed by atoms with Gasteiger partial charge in [0.25, 0.3) is 0 Å². The van der Waals surface area contributed by atoms with Crippen molar-refractivity contribution < 1.29 is 9.90 Å². The second-order valence-corrected chi connectivity index (χ2v) is 7.47. The number of carboxylic acids is 1. The van der Waals surface area contributed by atoms with Crippen LogP contribution in [-0.4, -0.2) is 11.1 Å². The Hall–Kier alpha value is -0.530. The minimum Gasteiger partial charge on any atom is -0.481 e. The van der Waals surface area contributed by atoms with Gasteiger partial charge in [-0.25, -0.2) is 0 Å². The van der Waals surface area contributed by atoms with Crippen LogP contribution in [0, 0.1) is 11.3 Å². The van der Waals surface area contributed by atoms with Gasteiger partial charge in [0.1, 0.15) is 0 Å². The van der Waals surface area contributed by atoms with Crippen LogP contribution in [0.2, 0.25) is 0 Å². The van der Waals surface area contributed by atoms with E-state index in [2.05, 4.69) is 27.7 Å². The smallest absolute Gasteiger partial charge is 0.303 e. The third kappa shape index (κ3) is 13.9. The summed E-state index contributed by atoms with van der Waals surface area (Å²) >= 11 is 0. The van der Waals surface area contributed by atoms with Crippen LogP contribution in [0.4, 0.5) is 0 Å². The fourth-order valence-electron chi connectivity index (χ4n) is 2.69. The van der Waals surface area contributed by atoms with E-state index in [1.807, 2.05) is 0 Å². The van der Waals surface area contributed by atoms with Crippen molar-refractivity contribution in [2.75, 3.05) is 0 Å². The number of hydrogen-bond donors (Lipinski definition) is 1. The van der Waals surface area contributed by atoms with Crippen molar-refractivity contribution in [2.45, 2.75) is 98.3 Å². The van der Waals surface area contributed by atoms with Gasteiger partial charge >= 0.3 is 5.97 Å². The predicted octanol–water partition coefficient (Wildman–Crippen LogP) is 6.04. The van der Waals surface area contributed by atoms with E-state index in [1.165, 1.54) is 51.4 Å². The molecule has 0 aromatic rings. The second-order valence-electron chi connectivity index (χ2n) is 7.47. The maximum absolute atomic E-state index is 10.4. The van der Waals surface area contributed by atoms with Gasteiger partial charge < -0.3 is 5.11 Å². The summed E-state index contributed by atoms with van der Waals surface area (Å²) in [5.41, 5.74) is 0.432. The van der Waals surface area contributed by atoms with Crippen molar-refractivity contribution in [1.82, 2.24) is 0 Å². The number of aliphatic carboxylic acids is 1. The van der Waals surface area contributed by atoms with Crippen LogP contribution in [0.3, 0.4) is 0 Å². The van der Waals surface area contributed by atoms with Crippen molar-refractivity contribution in [1.29, 1.82) is 0 Å². The topological polar surface area (TPSA) is 37.3 Å². The Kier molecular flexibility index (Phi) is 10.9. The molecule has 20 heavy (non-hydrogen) atoms. The molecule has 0 aromatic carbocycles. The molecule has 1 N–H and O–H groups in total. The average molecular weight is 284 g/mol. The van der Waals surface area contributed by atoms with E-state index in [9.17, 15) is 4.79 Å². The molecule has 0 rings (SSSR count). The lowest BCUT2D eigenvalue weighted by Crippen LogP contribution is -2.11. The van der Waals surface area contributed by atoms with Gasteiger partial charge in [0.2, 0.25) is 0 Å². The van der Waals surface area contributed by atoms with E-state index in [1.54, 1.807) is 0 Å². The minimum atomic E-state index is -0.661. The summed E-state index contributed by atoms with van der Waals surface area (Å²) in [6.45, 7) is 9.32. The lowest BCUT2D eigenvalue weighted by molar-refractivity contribution is -0.137. The fraction of sp³-hybridized carbons (Fsp3) is 0.944. The van der Waals surface area contributed by atoms with Crippen molar-refractivity contribution in [3.05, 3.63) is 0 Å². The van der Waals surface area contributed by atoms with E-state index in [4.69, 9.17) is 5.11 Å². The van der Waals surface area contributed by atoms with E-state index in [0.29, 0.717) is 11.8 Å². The minimum absolute atomic E-state index is 0.330. The highest BCUT2D eigenvalue weighted by molar-refractivity contribution is 5.66. The Labute approximate surface area is 126 Å². The van der Waals surface area contributed by atoms with E-state index in [-0.39, 0.29) is 0 Å². The molecule has 0 aliphatic carbocycles. The second kappa shape index (κ2) is 11.2. The molecule has 120 valence electrons. The summed E-state index contributed by atoms with van der Waals surface area (Å²) in [6.07, 6.45) is 12.8. The third-order valence-corrected chi connectivity index (χ3v) is 4.13. The lowest BCUT2D eigenvalue weighted by Gasteiger charge is -2.24. The summed E-state index contributed by atoms with van der Waals surface area (Å²) in [4.78, 5) is 10.4. The lowest BCUT2D eigenvalue weighted by atomic mass is 9.82. The van der Waals surface area contributed by atoms with Gasteiger partial charge in [-0.3, -0.25) is 4.79 Å². The molecule has 0 radical (unpaired) electrons. The van der Waals surface area contributed by atoms with Crippen LogP contribution in [0.1, 0.15) is 98.3 Å². The monoisotopic (exact) mass is 284 g/mol. The zero-order valence-corrected chi connectivity index (χ0v) is 14.2. The van der Waals surface area contributed by atoms with Gasteiger partial charge in [-0.2, -0.15) is 0 Å². The van der Waals surface area contributed by atoms with Gasteiger partial charge in [-0.1, -0.05) is 72.6 Å². The molecule has 0 aliphatic heterocycles. The largest absolute Gasteiger partial charge is 0.481 e. The normalized spacial score (nSPS) is 12.1. The highest BCUT2D eigenvalue weighted by Gasteiger charge is 2.16. The summed E-state index contributed by atoms with van der Waals surface area (Å²) in [7, 11) is 0. The molecule has 0 saturated carbocycles. The van der Waals surface area contributed by atoms with Crippen LogP contribution in [0.5, 0.6) is 0 Å². The zero-order chi connectivity index (χ0) is 15.4. The molecule has 2 heteroatoms. The molecular weight excluding hydrogens is 248 g/mol. The molecule has 0 bridgehead atoms. The first kappa shape index (κ1) is 19.5. The molecule has 2 nitrogen and oxygen atoms in total. The van der Waals surface area contributed by atoms with Crippen LogP contribution in [0.15, 0.2) is 0 Å². The SMILES string of the molecule is CC(C)CCCCCCC(C)(C)CCCCCC(=O)O. The summed E-state index contributed by atoms with van der Waals surface area (Å²) in [5.74, 6) is 0.183. The number of hydrogen-bond acceptors (Lipinski definition) is 1. The Morgan fingerprint density at radius 2 is 1.40 bits per heavy atom. The molecule has 0 fully saturated rings. The number of rotatable bonds is 13. The van der Waals surface area contributed by atoms with Crippen LogP contribution < -0.4 is 0 Å².